The molecule has 0 aliphatic heterocycles. The molecule has 4 aromatic rings. The van der Waals surface area contributed by atoms with E-state index in [2.05, 4.69) is 66.7 Å². The van der Waals surface area contributed by atoms with Gasteiger partial charge in [0.05, 0.1) is 0 Å². The third-order valence-electron chi connectivity index (χ3n) is 6.52. The molecule has 0 heterocycles. The van der Waals surface area contributed by atoms with Crippen molar-refractivity contribution in [3.8, 4) is 0 Å². The molecule has 1 atom stereocenters. The fraction of sp³-hybridized carbons (Fsp3) is 0.231. The van der Waals surface area contributed by atoms with E-state index < -0.39 is 0 Å². The van der Waals surface area contributed by atoms with Crippen molar-refractivity contribution in [1.82, 2.24) is 0 Å². The molecule has 0 radical (unpaired) electrons. The van der Waals surface area contributed by atoms with Gasteiger partial charge in [0, 0.05) is 0 Å². The lowest BCUT2D eigenvalue weighted by molar-refractivity contribution is 0.450. The van der Waals surface area contributed by atoms with Gasteiger partial charge in [0.1, 0.15) is 0 Å². The lowest BCUT2D eigenvalue weighted by Gasteiger charge is -2.30. The van der Waals surface area contributed by atoms with Crippen molar-refractivity contribution in [3.05, 3.63) is 77.4 Å². The Balaban J connectivity index is 1.58. The largest absolute Gasteiger partial charge is 0.0662 e. The molecule has 6 rings (SSSR count). The Hall–Kier alpha value is -2.60. The highest BCUT2D eigenvalue weighted by atomic mass is 14.3. The van der Waals surface area contributed by atoms with Crippen molar-refractivity contribution < 1.29 is 0 Å². The van der Waals surface area contributed by atoms with Crippen LogP contribution in [0.1, 0.15) is 36.8 Å². The molecule has 26 heavy (non-hydrogen) atoms. The maximum absolute atomic E-state index is 2.51. The van der Waals surface area contributed by atoms with Gasteiger partial charge in [0.2, 0.25) is 0 Å². The molecule has 0 amide bonds. The number of rotatable bonds is 0. The van der Waals surface area contributed by atoms with E-state index in [1.807, 2.05) is 0 Å². The first-order valence-electron chi connectivity index (χ1n) is 9.93. The summed E-state index contributed by atoms with van der Waals surface area (Å²) in [6, 6.07) is 23.0. The van der Waals surface area contributed by atoms with Gasteiger partial charge in [0.25, 0.3) is 0 Å². The average Bonchev–Trinajstić information content (AvgIpc) is 2.67. The fourth-order valence-corrected chi connectivity index (χ4v) is 5.12. The van der Waals surface area contributed by atoms with Crippen LogP contribution in [0.3, 0.4) is 0 Å². The van der Waals surface area contributed by atoms with Crippen LogP contribution < -0.4 is 0 Å². The number of hydrogen-bond donors (Lipinski definition) is 0. The highest BCUT2D eigenvalue weighted by molar-refractivity contribution is 6.05. The van der Waals surface area contributed by atoms with Crippen molar-refractivity contribution in [3.63, 3.8) is 0 Å². The molecule has 0 spiro atoms. The van der Waals surface area contributed by atoms with Crippen molar-refractivity contribution in [2.45, 2.75) is 32.1 Å². The normalized spacial score (nSPS) is 19.4. The van der Waals surface area contributed by atoms with Crippen LogP contribution in [0.5, 0.6) is 0 Å². The first-order chi connectivity index (χ1) is 12.8. The van der Waals surface area contributed by atoms with Crippen LogP contribution in [0.15, 0.2) is 66.2 Å². The third-order valence-corrected chi connectivity index (χ3v) is 6.52. The minimum Gasteiger partial charge on any atom is -0.0662 e. The van der Waals surface area contributed by atoms with Gasteiger partial charge in [0.15, 0.2) is 0 Å². The highest BCUT2D eigenvalue weighted by Gasteiger charge is 2.24. The quantitative estimate of drug-likeness (QED) is 0.296. The third kappa shape index (κ3) is 2.22. The summed E-state index contributed by atoms with van der Waals surface area (Å²) >= 11 is 0. The molecule has 1 unspecified atom stereocenters. The predicted octanol–water partition coefficient (Wildman–Crippen LogP) is 7.28. The molecule has 1 saturated carbocycles. The monoisotopic (exact) mass is 334 g/mol. The van der Waals surface area contributed by atoms with Crippen LogP contribution in [0, 0.1) is 5.92 Å². The molecular formula is C26H22. The van der Waals surface area contributed by atoms with E-state index in [-0.39, 0.29) is 0 Å². The highest BCUT2D eigenvalue weighted by Crippen LogP contribution is 2.39. The molecule has 1 fully saturated rings. The SMILES string of the molecule is C1=C2CCCCC2Cc2cc3cc4cc5ccccc5cc4cc3cc21. The van der Waals surface area contributed by atoms with E-state index in [1.165, 1.54) is 70.0 Å². The summed E-state index contributed by atoms with van der Waals surface area (Å²) in [6.07, 6.45) is 9.23. The Morgan fingerprint density at radius 2 is 1.31 bits per heavy atom. The number of hydrogen-bond acceptors (Lipinski definition) is 0. The molecule has 0 bridgehead atoms. The minimum absolute atomic E-state index is 0.804. The molecular weight excluding hydrogens is 312 g/mol. The van der Waals surface area contributed by atoms with E-state index in [4.69, 9.17) is 0 Å². The maximum atomic E-state index is 2.51. The topological polar surface area (TPSA) is 0 Å². The average molecular weight is 334 g/mol. The van der Waals surface area contributed by atoms with Gasteiger partial charge in [-0.25, -0.2) is 0 Å². The summed E-state index contributed by atoms with van der Waals surface area (Å²) in [4.78, 5) is 0. The smallest absolute Gasteiger partial charge is 0.0159 e. The first kappa shape index (κ1) is 14.6. The molecule has 2 aliphatic rings. The summed E-state index contributed by atoms with van der Waals surface area (Å²) in [7, 11) is 0. The lowest BCUT2D eigenvalue weighted by Crippen LogP contribution is -2.16. The van der Waals surface area contributed by atoms with Gasteiger partial charge < -0.3 is 0 Å². The predicted molar refractivity (Wildman–Crippen MR) is 113 cm³/mol. The second-order valence-corrected chi connectivity index (χ2v) is 8.16. The van der Waals surface area contributed by atoms with Crippen molar-refractivity contribution in [2.24, 2.45) is 5.92 Å². The second kappa shape index (κ2) is 5.45. The van der Waals surface area contributed by atoms with Crippen molar-refractivity contribution >= 4 is 38.4 Å². The maximum Gasteiger partial charge on any atom is -0.0159 e. The summed E-state index contributed by atoms with van der Waals surface area (Å²) in [5, 5.41) is 8.10. The molecule has 0 nitrogen and oxygen atoms in total. The Bertz CT molecular complexity index is 1210. The standard InChI is InChI=1S/C26H22/c1-2-6-18-10-22-14-26-16-24-12-20-8-4-3-7-19(20)11-23(24)15-25(26)13-21(22)9-17(18)5-1/h1-2,5-6,9-11,13-16,20H,3-4,7-8,12H2. The summed E-state index contributed by atoms with van der Waals surface area (Å²) in [5.74, 6) is 0.804. The van der Waals surface area contributed by atoms with E-state index in [0.717, 1.165) is 5.92 Å². The summed E-state index contributed by atoms with van der Waals surface area (Å²) in [5.41, 5.74) is 4.72. The number of benzene rings is 4. The molecule has 0 heteroatoms. The number of allylic oxidation sites excluding steroid dienone is 1. The molecule has 4 aromatic carbocycles. The Labute approximate surface area is 154 Å². The van der Waals surface area contributed by atoms with Crippen molar-refractivity contribution in [1.29, 1.82) is 0 Å². The van der Waals surface area contributed by atoms with E-state index in [1.54, 1.807) is 11.1 Å². The van der Waals surface area contributed by atoms with Crippen LogP contribution in [0.25, 0.3) is 38.4 Å². The van der Waals surface area contributed by atoms with Crippen LogP contribution >= 0.6 is 0 Å². The summed E-state index contributed by atoms with van der Waals surface area (Å²) < 4.78 is 0. The fourth-order valence-electron chi connectivity index (χ4n) is 5.12. The Kier molecular flexibility index (Phi) is 3.05. The zero-order valence-corrected chi connectivity index (χ0v) is 15.0. The summed E-state index contributed by atoms with van der Waals surface area (Å²) in [6.45, 7) is 0. The van der Waals surface area contributed by atoms with Gasteiger partial charge in [-0.1, -0.05) is 48.4 Å². The van der Waals surface area contributed by atoms with Gasteiger partial charge in [-0.05, 0) is 105 Å². The molecule has 0 aromatic heterocycles. The molecule has 2 aliphatic carbocycles. The van der Waals surface area contributed by atoms with Crippen LogP contribution in [0.4, 0.5) is 0 Å². The number of fused-ring (bicyclic) bond motifs is 5. The first-order valence-corrected chi connectivity index (χ1v) is 9.93. The lowest BCUT2D eigenvalue weighted by atomic mass is 9.75. The van der Waals surface area contributed by atoms with Gasteiger partial charge >= 0.3 is 0 Å². The van der Waals surface area contributed by atoms with Crippen LogP contribution in [-0.2, 0) is 6.42 Å². The zero-order chi connectivity index (χ0) is 17.1. The van der Waals surface area contributed by atoms with Gasteiger partial charge in [-0.15, -0.1) is 0 Å². The Morgan fingerprint density at radius 1 is 0.654 bits per heavy atom. The van der Waals surface area contributed by atoms with Crippen LogP contribution in [0.2, 0.25) is 0 Å². The Morgan fingerprint density at radius 3 is 2.08 bits per heavy atom. The van der Waals surface area contributed by atoms with Crippen molar-refractivity contribution in [2.75, 3.05) is 0 Å². The van der Waals surface area contributed by atoms with Crippen LogP contribution in [-0.4, -0.2) is 0 Å². The molecule has 0 saturated heterocycles. The van der Waals surface area contributed by atoms with Gasteiger partial charge in [-0.2, -0.15) is 0 Å². The zero-order valence-electron chi connectivity index (χ0n) is 15.0. The van der Waals surface area contributed by atoms with E-state index in [9.17, 15) is 0 Å². The van der Waals surface area contributed by atoms with E-state index >= 15 is 0 Å². The van der Waals surface area contributed by atoms with Gasteiger partial charge in [-0.3, -0.25) is 0 Å². The van der Waals surface area contributed by atoms with E-state index in [0.29, 0.717) is 0 Å². The molecule has 0 N–H and O–H groups in total. The molecule has 126 valence electrons. The second-order valence-electron chi connectivity index (χ2n) is 8.16. The minimum atomic E-state index is 0.804.